The summed E-state index contributed by atoms with van der Waals surface area (Å²) in [5.74, 6) is 0. The molecule has 1 heterocycles. The van der Waals surface area contributed by atoms with Crippen molar-refractivity contribution in [1.29, 1.82) is 0 Å². The highest BCUT2D eigenvalue weighted by atomic mass is 15.6. The van der Waals surface area contributed by atoms with Crippen LogP contribution in [-0.2, 0) is 0 Å². The number of hydrogen-bond donors (Lipinski definition) is 1. The summed E-state index contributed by atoms with van der Waals surface area (Å²) in [4.78, 5) is 0. The molecule has 22 heavy (non-hydrogen) atoms. The molecular formula is C19H37N3. The first-order valence-corrected chi connectivity index (χ1v) is 9.65. The fraction of sp³-hybridized carbons (Fsp3) is 0.842. The number of hydrogen-bond acceptors (Lipinski definition) is 3. The van der Waals surface area contributed by atoms with Crippen LogP contribution in [0.2, 0.25) is 0 Å². The smallest absolute Gasteiger partial charge is 0.0503 e. The van der Waals surface area contributed by atoms with Crippen LogP contribution in [0.4, 0.5) is 0 Å². The fourth-order valence-corrected chi connectivity index (χ4v) is 2.93. The molecule has 1 aliphatic rings. The molecule has 3 nitrogen and oxygen atoms in total. The third kappa shape index (κ3) is 11.6. The molecule has 0 radical (unpaired) electrons. The van der Waals surface area contributed by atoms with Crippen molar-refractivity contribution in [3.63, 3.8) is 0 Å². The largest absolute Gasteiger partial charge is 0.279 e. The molecule has 128 valence electrons. The van der Waals surface area contributed by atoms with E-state index in [-0.39, 0.29) is 0 Å². The minimum Gasteiger partial charge on any atom is -0.279 e. The van der Waals surface area contributed by atoms with Gasteiger partial charge in [-0.25, -0.2) is 5.53 Å². The van der Waals surface area contributed by atoms with Crippen molar-refractivity contribution >= 4 is 6.21 Å². The van der Waals surface area contributed by atoms with Gasteiger partial charge in [0, 0.05) is 12.7 Å². The standard InChI is InChI=1S/C19H37N3/c1-2-3-4-5-6-7-8-9-10-11-12-13-14-15-18-22-19-16-17-20-21-22/h16-17,19,21H,2-15,18H2,1H3. The first-order valence-electron chi connectivity index (χ1n) is 9.65. The molecule has 0 spiro atoms. The van der Waals surface area contributed by atoms with Crippen molar-refractivity contribution in [2.24, 2.45) is 5.10 Å². The molecule has 1 rings (SSSR count). The summed E-state index contributed by atoms with van der Waals surface area (Å²) in [6.07, 6.45) is 25.6. The van der Waals surface area contributed by atoms with Gasteiger partial charge in [-0.2, -0.15) is 5.10 Å². The average Bonchev–Trinajstić information content (AvgIpc) is 2.56. The van der Waals surface area contributed by atoms with Crippen LogP contribution < -0.4 is 5.53 Å². The fourth-order valence-electron chi connectivity index (χ4n) is 2.93. The molecule has 1 N–H and O–H groups in total. The number of allylic oxidation sites excluding steroid dienone is 1. The summed E-state index contributed by atoms with van der Waals surface area (Å²) in [6, 6.07) is 0. The highest BCUT2D eigenvalue weighted by molar-refractivity contribution is 5.70. The molecule has 0 aliphatic carbocycles. The molecule has 0 saturated carbocycles. The van der Waals surface area contributed by atoms with E-state index >= 15 is 0 Å². The number of hydrazone groups is 1. The van der Waals surface area contributed by atoms with Crippen molar-refractivity contribution < 1.29 is 0 Å². The lowest BCUT2D eigenvalue weighted by molar-refractivity contribution is 0.267. The number of unbranched alkanes of at least 4 members (excludes halogenated alkanes) is 13. The van der Waals surface area contributed by atoms with Gasteiger partial charge in [-0.1, -0.05) is 90.4 Å². The summed E-state index contributed by atoms with van der Waals surface area (Å²) < 4.78 is 0. The summed E-state index contributed by atoms with van der Waals surface area (Å²) in [5, 5.41) is 6.06. The maximum Gasteiger partial charge on any atom is 0.0503 e. The van der Waals surface area contributed by atoms with E-state index in [1.165, 1.54) is 89.9 Å². The van der Waals surface area contributed by atoms with Crippen LogP contribution >= 0.6 is 0 Å². The second-order valence-corrected chi connectivity index (χ2v) is 6.51. The Morgan fingerprint density at radius 3 is 1.68 bits per heavy atom. The molecule has 0 aromatic heterocycles. The van der Waals surface area contributed by atoms with E-state index in [2.05, 4.69) is 28.8 Å². The number of rotatable bonds is 15. The predicted octanol–water partition coefficient (Wildman–Crippen LogP) is 5.79. The molecule has 0 unspecified atom stereocenters. The lowest BCUT2D eigenvalue weighted by atomic mass is 10.0. The van der Waals surface area contributed by atoms with Gasteiger partial charge in [0.25, 0.3) is 0 Å². The molecule has 0 fully saturated rings. The van der Waals surface area contributed by atoms with Crippen molar-refractivity contribution in [2.45, 2.75) is 96.8 Å². The third-order valence-electron chi connectivity index (χ3n) is 4.37. The van der Waals surface area contributed by atoms with E-state index in [0.717, 1.165) is 6.54 Å². The summed E-state index contributed by atoms with van der Waals surface area (Å²) >= 11 is 0. The minimum atomic E-state index is 1.06. The molecular weight excluding hydrogens is 270 g/mol. The van der Waals surface area contributed by atoms with E-state index < -0.39 is 0 Å². The maximum absolute atomic E-state index is 4.01. The highest BCUT2D eigenvalue weighted by Crippen LogP contribution is 2.13. The second kappa shape index (κ2) is 14.9. The van der Waals surface area contributed by atoms with Gasteiger partial charge < -0.3 is 0 Å². The Kier molecular flexibility index (Phi) is 12.9. The van der Waals surface area contributed by atoms with E-state index in [9.17, 15) is 0 Å². The van der Waals surface area contributed by atoms with Crippen LogP contribution in [-0.4, -0.2) is 17.8 Å². The van der Waals surface area contributed by atoms with Crippen molar-refractivity contribution in [3.05, 3.63) is 12.3 Å². The second-order valence-electron chi connectivity index (χ2n) is 6.51. The van der Waals surface area contributed by atoms with Crippen molar-refractivity contribution in [1.82, 2.24) is 10.5 Å². The van der Waals surface area contributed by atoms with E-state index in [1.54, 1.807) is 6.21 Å². The van der Waals surface area contributed by atoms with E-state index in [1.807, 2.05) is 6.08 Å². The maximum atomic E-state index is 4.01. The molecule has 0 aromatic rings. The Labute approximate surface area is 138 Å². The summed E-state index contributed by atoms with van der Waals surface area (Å²) in [7, 11) is 0. The monoisotopic (exact) mass is 307 g/mol. The topological polar surface area (TPSA) is 27.6 Å². The van der Waals surface area contributed by atoms with Gasteiger partial charge in [0.15, 0.2) is 0 Å². The normalized spacial score (nSPS) is 13.6. The van der Waals surface area contributed by atoms with Crippen LogP contribution in [0.25, 0.3) is 0 Å². The summed E-state index contributed by atoms with van der Waals surface area (Å²) in [5.41, 5.74) is 2.98. The Morgan fingerprint density at radius 1 is 0.727 bits per heavy atom. The van der Waals surface area contributed by atoms with Gasteiger partial charge >= 0.3 is 0 Å². The zero-order valence-electron chi connectivity index (χ0n) is 14.7. The lowest BCUT2D eigenvalue weighted by Crippen LogP contribution is -2.31. The van der Waals surface area contributed by atoms with Gasteiger partial charge in [-0.3, -0.25) is 5.01 Å². The van der Waals surface area contributed by atoms with Gasteiger partial charge in [0.2, 0.25) is 0 Å². The van der Waals surface area contributed by atoms with Crippen LogP contribution in [0.3, 0.4) is 0 Å². The minimum absolute atomic E-state index is 1.06. The zero-order valence-corrected chi connectivity index (χ0v) is 14.7. The van der Waals surface area contributed by atoms with Crippen LogP contribution in [0, 0.1) is 0 Å². The average molecular weight is 308 g/mol. The number of hydrazine groups is 1. The molecule has 0 atom stereocenters. The summed E-state index contributed by atoms with van der Waals surface area (Å²) in [6.45, 7) is 3.35. The zero-order chi connectivity index (χ0) is 15.7. The van der Waals surface area contributed by atoms with Gasteiger partial charge in [-0.05, 0) is 12.5 Å². The van der Waals surface area contributed by atoms with Gasteiger partial charge in [-0.15, -0.1) is 0 Å². The van der Waals surface area contributed by atoms with Gasteiger partial charge in [0.05, 0.1) is 6.21 Å². The van der Waals surface area contributed by atoms with E-state index in [4.69, 9.17) is 0 Å². The molecule has 3 heteroatoms. The number of nitrogens with one attached hydrogen (secondary N) is 1. The molecule has 0 amide bonds. The Balaban J connectivity index is 1.69. The van der Waals surface area contributed by atoms with E-state index in [0.29, 0.717) is 0 Å². The van der Waals surface area contributed by atoms with Crippen molar-refractivity contribution in [2.75, 3.05) is 6.54 Å². The van der Waals surface area contributed by atoms with Crippen LogP contribution in [0.15, 0.2) is 17.4 Å². The molecule has 0 bridgehead atoms. The predicted molar refractivity (Wildman–Crippen MR) is 97.8 cm³/mol. The SMILES string of the molecule is CCCCCCCCCCCCCCCCN1C=CC=NN1. The van der Waals surface area contributed by atoms with Crippen LogP contribution in [0.5, 0.6) is 0 Å². The highest BCUT2D eigenvalue weighted by Gasteiger charge is 1.99. The number of nitrogens with zero attached hydrogens (tertiary/aromatic N) is 2. The Bertz CT molecular complexity index is 286. The lowest BCUT2D eigenvalue weighted by Gasteiger charge is -2.20. The van der Waals surface area contributed by atoms with Crippen LogP contribution in [0.1, 0.15) is 96.8 Å². The first-order chi connectivity index (χ1) is 10.9. The van der Waals surface area contributed by atoms with Crippen molar-refractivity contribution in [3.8, 4) is 0 Å². The molecule has 0 saturated heterocycles. The first kappa shape index (κ1) is 19.1. The Morgan fingerprint density at radius 2 is 1.23 bits per heavy atom. The quantitative estimate of drug-likeness (QED) is 0.388. The Hall–Kier alpha value is -0.990. The molecule has 0 aromatic carbocycles. The van der Waals surface area contributed by atoms with Gasteiger partial charge in [0.1, 0.15) is 0 Å². The third-order valence-corrected chi connectivity index (χ3v) is 4.37. The molecule has 1 aliphatic heterocycles.